The smallest absolute Gasteiger partial charge is 0.311 e. The molecule has 9 heteroatoms. The Morgan fingerprint density at radius 1 is 1.19 bits per heavy atom. The van der Waals surface area contributed by atoms with Crippen molar-refractivity contribution in [2.24, 2.45) is 5.92 Å². The predicted octanol–water partition coefficient (Wildman–Crippen LogP) is 4.50. The maximum atomic E-state index is 12.4. The second-order valence-corrected chi connectivity index (χ2v) is 9.22. The summed E-state index contributed by atoms with van der Waals surface area (Å²) in [5.74, 6) is -0.118. The zero-order chi connectivity index (χ0) is 22.1. The molecule has 31 heavy (non-hydrogen) atoms. The summed E-state index contributed by atoms with van der Waals surface area (Å²) in [6, 6.07) is 7.54. The lowest BCUT2D eigenvalue weighted by molar-refractivity contribution is -0.142. The van der Waals surface area contributed by atoms with Crippen molar-refractivity contribution < 1.29 is 19.1 Å². The average Bonchev–Trinajstić information content (AvgIpc) is 3.19. The maximum absolute atomic E-state index is 12.4. The molecule has 1 aromatic heterocycles. The maximum Gasteiger partial charge on any atom is 0.311 e. The van der Waals surface area contributed by atoms with Gasteiger partial charge < -0.3 is 15.4 Å². The Kier molecular flexibility index (Phi) is 8.90. The topological polar surface area (TPSA) is 97.4 Å². The molecular formula is C22H27N3O4S2. The summed E-state index contributed by atoms with van der Waals surface area (Å²) in [6.45, 7) is 2.08. The molecule has 2 N–H and O–H groups in total. The SMILES string of the molecule is CCOC(=O)Cc1csc(NC(=O)CSc2cccc(NC(=O)C3CCCCC3)c2)n1. The molecule has 0 aliphatic heterocycles. The molecule has 2 amide bonds. The first kappa shape index (κ1) is 23.3. The largest absolute Gasteiger partial charge is 0.466 e. The second-order valence-electron chi connectivity index (χ2n) is 7.31. The average molecular weight is 462 g/mol. The number of hydrogen-bond acceptors (Lipinski definition) is 7. The number of carbonyl (C=O) groups excluding carboxylic acids is 3. The highest BCUT2D eigenvalue weighted by atomic mass is 32.2. The van der Waals surface area contributed by atoms with Crippen LogP contribution in [0.3, 0.4) is 0 Å². The van der Waals surface area contributed by atoms with E-state index in [-0.39, 0.29) is 35.9 Å². The standard InChI is InChI=1S/C22H27N3O4S2/c1-2-29-20(27)12-17-13-31-22(24-17)25-19(26)14-30-18-10-6-9-16(11-18)23-21(28)15-7-4-3-5-8-15/h6,9-11,13,15H,2-5,7-8,12,14H2,1H3,(H,23,28)(H,24,25,26). The minimum absolute atomic E-state index is 0.0852. The molecule has 1 saturated carbocycles. The predicted molar refractivity (Wildman–Crippen MR) is 123 cm³/mol. The van der Waals surface area contributed by atoms with Crippen molar-refractivity contribution >= 4 is 51.7 Å². The van der Waals surface area contributed by atoms with Gasteiger partial charge >= 0.3 is 5.97 Å². The van der Waals surface area contributed by atoms with Crippen molar-refractivity contribution in [3.8, 4) is 0 Å². The zero-order valence-corrected chi connectivity index (χ0v) is 19.2. The van der Waals surface area contributed by atoms with Crippen molar-refractivity contribution in [2.45, 2.75) is 50.3 Å². The number of carbonyl (C=O) groups is 3. The lowest BCUT2D eigenvalue weighted by Crippen LogP contribution is -2.24. The Bertz CT molecular complexity index is 910. The van der Waals surface area contributed by atoms with E-state index in [0.29, 0.717) is 17.4 Å². The van der Waals surface area contributed by atoms with E-state index in [2.05, 4.69) is 15.6 Å². The Morgan fingerprint density at radius 2 is 2.00 bits per heavy atom. The number of thioether (sulfide) groups is 1. The van der Waals surface area contributed by atoms with Crippen LogP contribution in [-0.2, 0) is 25.5 Å². The van der Waals surface area contributed by atoms with E-state index in [4.69, 9.17) is 4.74 Å². The summed E-state index contributed by atoms with van der Waals surface area (Å²) in [5, 5.41) is 7.95. The molecule has 1 heterocycles. The number of rotatable bonds is 9. The first-order valence-corrected chi connectivity index (χ1v) is 12.3. The molecule has 3 rings (SSSR count). The molecule has 0 atom stereocenters. The number of ether oxygens (including phenoxy) is 1. The number of aromatic nitrogens is 1. The Labute approximate surface area is 190 Å². The van der Waals surface area contributed by atoms with E-state index >= 15 is 0 Å². The number of benzene rings is 1. The lowest BCUT2D eigenvalue weighted by Gasteiger charge is -2.20. The number of thiazole rings is 1. The van der Waals surface area contributed by atoms with Gasteiger partial charge in [-0.3, -0.25) is 14.4 Å². The van der Waals surface area contributed by atoms with Gasteiger partial charge in [-0.05, 0) is 38.0 Å². The van der Waals surface area contributed by atoms with Crippen LogP contribution in [0.5, 0.6) is 0 Å². The van der Waals surface area contributed by atoms with Gasteiger partial charge in [-0.15, -0.1) is 23.1 Å². The number of amides is 2. The summed E-state index contributed by atoms with van der Waals surface area (Å²) >= 11 is 2.66. The van der Waals surface area contributed by atoms with Crippen LogP contribution in [0.25, 0.3) is 0 Å². The van der Waals surface area contributed by atoms with Crippen LogP contribution in [0, 0.1) is 5.92 Å². The number of hydrogen-bond donors (Lipinski definition) is 2. The van der Waals surface area contributed by atoms with Gasteiger partial charge in [0.05, 0.1) is 24.5 Å². The van der Waals surface area contributed by atoms with Gasteiger partial charge in [-0.25, -0.2) is 4.98 Å². The lowest BCUT2D eigenvalue weighted by atomic mass is 9.88. The molecule has 7 nitrogen and oxygen atoms in total. The molecule has 166 valence electrons. The monoisotopic (exact) mass is 461 g/mol. The van der Waals surface area contributed by atoms with Gasteiger partial charge in [0.1, 0.15) is 0 Å². The van der Waals surface area contributed by atoms with Crippen molar-refractivity contribution in [3.63, 3.8) is 0 Å². The summed E-state index contributed by atoms with van der Waals surface area (Å²) in [6.07, 6.45) is 5.45. The molecule has 0 bridgehead atoms. The second kappa shape index (κ2) is 11.9. The van der Waals surface area contributed by atoms with Crippen LogP contribution in [0.4, 0.5) is 10.8 Å². The summed E-state index contributed by atoms with van der Waals surface area (Å²) < 4.78 is 4.90. The fourth-order valence-electron chi connectivity index (χ4n) is 3.38. The molecule has 0 saturated heterocycles. The van der Waals surface area contributed by atoms with Gasteiger partial charge in [0, 0.05) is 21.9 Å². The fraction of sp³-hybridized carbons (Fsp3) is 0.455. The zero-order valence-electron chi connectivity index (χ0n) is 17.5. The summed E-state index contributed by atoms with van der Waals surface area (Å²) in [4.78, 5) is 41.4. The molecule has 1 aromatic carbocycles. The third-order valence-electron chi connectivity index (χ3n) is 4.88. The molecule has 1 aliphatic rings. The number of anilines is 2. The van der Waals surface area contributed by atoms with Crippen molar-refractivity contribution in [1.29, 1.82) is 0 Å². The minimum Gasteiger partial charge on any atom is -0.466 e. The number of esters is 1. The van der Waals surface area contributed by atoms with Crippen molar-refractivity contribution in [3.05, 3.63) is 35.3 Å². The van der Waals surface area contributed by atoms with Crippen LogP contribution < -0.4 is 10.6 Å². The number of nitrogens with zero attached hydrogens (tertiary/aromatic N) is 1. The van der Waals surface area contributed by atoms with E-state index in [9.17, 15) is 14.4 Å². The van der Waals surface area contributed by atoms with Gasteiger partial charge in [-0.2, -0.15) is 0 Å². The van der Waals surface area contributed by atoms with Gasteiger partial charge in [-0.1, -0.05) is 25.3 Å². The minimum atomic E-state index is -0.336. The van der Waals surface area contributed by atoms with Crippen molar-refractivity contribution in [2.75, 3.05) is 23.0 Å². The molecular weight excluding hydrogens is 434 g/mol. The highest BCUT2D eigenvalue weighted by Crippen LogP contribution is 2.26. The molecule has 1 fully saturated rings. The highest BCUT2D eigenvalue weighted by Gasteiger charge is 2.21. The first-order valence-electron chi connectivity index (χ1n) is 10.5. The molecule has 0 radical (unpaired) electrons. The summed E-state index contributed by atoms with van der Waals surface area (Å²) in [5.41, 5.74) is 1.33. The third kappa shape index (κ3) is 7.66. The van der Waals surface area contributed by atoms with Crippen LogP contribution >= 0.6 is 23.1 Å². The normalized spacial score (nSPS) is 14.1. The van der Waals surface area contributed by atoms with Crippen LogP contribution in [0.2, 0.25) is 0 Å². The van der Waals surface area contributed by atoms with Gasteiger partial charge in [0.2, 0.25) is 11.8 Å². The summed E-state index contributed by atoms with van der Waals surface area (Å²) in [7, 11) is 0. The quantitative estimate of drug-likeness (QED) is 0.422. The van der Waals surface area contributed by atoms with Crippen LogP contribution in [0.1, 0.15) is 44.7 Å². The van der Waals surface area contributed by atoms with E-state index in [1.54, 1.807) is 12.3 Å². The Balaban J connectivity index is 1.46. The Morgan fingerprint density at radius 3 is 2.77 bits per heavy atom. The fourth-order valence-corrected chi connectivity index (χ4v) is 4.86. The first-order chi connectivity index (χ1) is 15.0. The number of nitrogens with one attached hydrogen (secondary N) is 2. The van der Waals surface area contributed by atoms with Gasteiger partial charge in [0.25, 0.3) is 0 Å². The molecule has 0 unspecified atom stereocenters. The van der Waals surface area contributed by atoms with E-state index < -0.39 is 0 Å². The van der Waals surface area contributed by atoms with E-state index in [1.165, 1.54) is 29.5 Å². The Hall–Kier alpha value is -2.39. The molecule has 2 aromatic rings. The molecule has 1 aliphatic carbocycles. The molecule has 0 spiro atoms. The van der Waals surface area contributed by atoms with E-state index in [1.807, 2.05) is 24.3 Å². The van der Waals surface area contributed by atoms with Crippen LogP contribution in [-0.4, -0.2) is 35.1 Å². The highest BCUT2D eigenvalue weighted by molar-refractivity contribution is 8.00. The van der Waals surface area contributed by atoms with Gasteiger partial charge in [0.15, 0.2) is 5.13 Å². The van der Waals surface area contributed by atoms with Crippen LogP contribution in [0.15, 0.2) is 34.5 Å². The van der Waals surface area contributed by atoms with Crippen molar-refractivity contribution in [1.82, 2.24) is 4.98 Å². The van der Waals surface area contributed by atoms with E-state index in [0.717, 1.165) is 36.3 Å². The third-order valence-corrected chi connectivity index (χ3v) is 6.68.